The second-order valence-corrected chi connectivity index (χ2v) is 7.47. The average molecular weight is 433 g/mol. The zero-order chi connectivity index (χ0) is 23.0. The van der Waals surface area contributed by atoms with Crippen LogP contribution in [-0.4, -0.2) is 110 Å². The number of hydrogen-bond donors (Lipinski definition) is 1. The van der Waals surface area contributed by atoms with E-state index in [0.717, 1.165) is 0 Å². The lowest BCUT2D eigenvalue weighted by atomic mass is 9.90. The SMILES string of the molecule is CC(C)(C)C(=O)CN(CCN(CCN(COC=O)COC=O)CC(=O)O)COC=O. The normalized spacial score (nSPS) is 11.4. The Balaban J connectivity index is 4.92. The Morgan fingerprint density at radius 2 is 1.13 bits per heavy atom. The van der Waals surface area contributed by atoms with Crippen molar-refractivity contribution >= 4 is 31.2 Å². The third kappa shape index (κ3) is 13.6. The first kappa shape index (κ1) is 27.4. The molecule has 0 aliphatic carbocycles. The molecule has 0 spiro atoms. The van der Waals surface area contributed by atoms with Gasteiger partial charge in [-0.25, -0.2) is 4.90 Å². The molecule has 0 aromatic carbocycles. The van der Waals surface area contributed by atoms with E-state index in [-0.39, 0.29) is 84.7 Å². The van der Waals surface area contributed by atoms with Crippen LogP contribution < -0.4 is 0 Å². The minimum atomic E-state index is -1.05. The second kappa shape index (κ2) is 15.3. The Labute approximate surface area is 175 Å². The summed E-state index contributed by atoms with van der Waals surface area (Å²) in [6, 6.07) is 0. The maximum Gasteiger partial charge on any atom is 0.317 e. The molecular weight excluding hydrogens is 402 g/mol. The van der Waals surface area contributed by atoms with Crippen LogP contribution in [0.25, 0.3) is 0 Å². The Morgan fingerprint density at radius 1 is 0.733 bits per heavy atom. The highest BCUT2D eigenvalue weighted by Crippen LogP contribution is 2.15. The molecule has 12 heteroatoms. The first-order valence-electron chi connectivity index (χ1n) is 9.22. The number of rotatable bonds is 19. The van der Waals surface area contributed by atoms with E-state index in [0.29, 0.717) is 0 Å². The average Bonchev–Trinajstić information content (AvgIpc) is 2.67. The third-order valence-corrected chi connectivity index (χ3v) is 4.00. The summed E-state index contributed by atoms with van der Waals surface area (Å²) in [5, 5.41) is 9.15. The van der Waals surface area contributed by atoms with E-state index in [1.54, 1.807) is 30.6 Å². The summed E-state index contributed by atoms with van der Waals surface area (Å²) < 4.78 is 14.0. The number of hydrogen-bond acceptors (Lipinski definition) is 11. The van der Waals surface area contributed by atoms with Gasteiger partial charge in [-0.05, 0) is 0 Å². The summed E-state index contributed by atoms with van der Waals surface area (Å²) in [6.07, 6.45) is 0. The van der Waals surface area contributed by atoms with Gasteiger partial charge in [0.05, 0.1) is 13.1 Å². The van der Waals surface area contributed by atoms with E-state index in [4.69, 9.17) is 9.84 Å². The van der Waals surface area contributed by atoms with Crippen LogP contribution in [0.3, 0.4) is 0 Å². The molecule has 30 heavy (non-hydrogen) atoms. The standard InChI is InChI=1S/C18H31N3O9/c1-18(2,3)16(25)8-20(10-28-13-22)6-4-19(9-17(26)27)5-7-21(11-29-14-23)12-30-15-24/h13-15H,4-12H2,1-3H3,(H,26,27). The van der Waals surface area contributed by atoms with Crippen molar-refractivity contribution in [3.8, 4) is 0 Å². The van der Waals surface area contributed by atoms with Gasteiger partial charge in [-0.15, -0.1) is 0 Å². The van der Waals surface area contributed by atoms with Crippen LogP contribution in [0.1, 0.15) is 20.8 Å². The van der Waals surface area contributed by atoms with Crippen LogP contribution in [0.2, 0.25) is 0 Å². The van der Waals surface area contributed by atoms with Crippen molar-refractivity contribution in [1.29, 1.82) is 0 Å². The summed E-state index contributed by atoms with van der Waals surface area (Å²) in [6.45, 7) is 6.59. The van der Waals surface area contributed by atoms with Crippen LogP contribution in [0.5, 0.6) is 0 Å². The van der Waals surface area contributed by atoms with E-state index >= 15 is 0 Å². The number of carboxylic acid groups (broad SMARTS) is 1. The number of Topliss-reactive ketones (excluding diaryl/α,β-unsaturated/α-hetero) is 1. The molecule has 12 nitrogen and oxygen atoms in total. The zero-order valence-corrected chi connectivity index (χ0v) is 17.7. The van der Waals surface area contributed by atoms with Gasteiger partial charge in [0.1, 0.15) is 20.2 Å². The monoisotopic (exact) mass is 433 g/mol. The van der Waals surface area contributed by atoms with Gasteiger partial charge in [0, 0.05) is 31.6 Å². The fourth-order valence-electron chi connectivity index (χ4n) is 2.23. The molecular formula is C18H31N3O9. The summed E-state index contributed by atoms with van der Waals surface area (Å²) in [7, 11) is 0. The highest BCUT2D eigenvalue weighted by molar-refractivity contribution is 5.85. The van der Waals surface area contributed by atoms with Crippen LogP contribution >= 0.6 is 0 Å². The third-order valence-electron chi connectivity index (χ3n) is 4.00. The molecule has 0 unspecified atom stereocenters. The quantitative estimate of drug-likeness (QED) is 0.151. The highest BCUT2D eigenvalue weighted by atomic mass is 16.6. The van der Waals surface area contributed by atoms with Crippen molar-refractivity contribution in [3.05, 3.63) is 0 Å². The first-order valence-corrected chi connectivity index (χ1v) is 9.22. The summed E-state index contributed by atoms with van der Waals surface area (Å²) in [5.41, 5.74) is -0.572. The molecule has 172 valence electrons. The molecule has 0 atom stereocenters. The largest absolute Gasteiger partial charge is 0.480 e. The zero-order valence-electron chi connectivity index (χ0n) is 17.7. The number of ether oxygens (including phenoxy) is 3. The van der Waals surface area contributed by atoms with Crippen molar-refractivity contribution in [2.45, 2.75) is 20.8 Å². The molecule has 0 rings (SSSR count). The number of aliphatic carboxylic acids is 1. The number of carbonyl (C=O) groups excluding carboxylic acids is 4. The molecule has 0 aliphatic rings. The first-order chi connectivity index (χ1) is 14.1. The van der Waals surface area contributed by atoms with Crippen molar-refractivity contribution in [3.63, 3.8) is 0 Å². The molecule has 0 aromatic rings. The van der Waals surface area contributed by atoms with Gasteiger partial charge in [0.25, 0.3) is 19.4 Å². The molecule has 0 saturated heterocycles. The molecule has 0 bridgehead atoms. The van der Waals surface area contributed by atoms with E-state index < -0.39 is 11.4 Å². The Morgan fingerprint density at radius 3 is 1.53 bits per heavy atom. The Hall–Kier alpha value is -2.57. The van der Waals surface area contributed by atoms with Gasteiger partial charge < -0.3 is 19.3 Å². The van der Waals surface area contributed by atoms with Crippen LogP contribution in [0.4, 0.5) is 0 Å². The smallest absolute Gasteiger partial charge is 0.317 e. The minimum Gasteiger partial charge on any atom is -0.480 e. The van der Waals surface area contributed by atoms with E-state index in [1.165, 1.54) is 4.90 Å². The molecule has 0 heterocycles. The fraction of sp³-hybridized carbons (Fsp3) is 0.722. The van der Waals surface area contributed by atoms with Crippen molar-refractivity contribution < 1.29 is 43.3 Å². The molecule has 0 radical (unpaired) electrons. The Bertz CT molecular complexity index is 540. The topological polar surface area (TPSA) is 143 Å². The lowest BCUT2D eigenvalue weighted by Crippen LogP contribution is -2.45. The van der Waals surface area contributed by atoms with Gasteiger partial charge >= 0.3 is 5.97 Å². The van der Waals surface area contributed by atoms with Gasteiger partial charge in [-0.3, -0.25) is 33.8 Å². The summed E-state index contributed by atoms with van der Waals surface area (Å²) in [5.74, 6) is -1.10. The molecule has 1 N–H and O–H groups in total. The molecule has 0 amide bonds. The lowest BCUT2D eigenvalue weighted by Gasteiger charge is -2.29. The summed E-state index contributed by atoms with van der Waals surface area (Å²) >= 11 is 0. The lowest BCUT2D eigenvalue weighted by molar-refractivity contribution is -0.141. The minimum absolute atomic E-state index is 0.0464. The van der Waals surface area contributed by atoms with Gasteiger partial charge in [0.2, 0.25) is 0 Å². The predicted molar refractivity (Wildman–Crippen MR) is 103 cm³/mol. The van der Waals surface area contributed by atoms with Gasteiger partial charge in [0.15, 0.2) is 5.78 Å². The van der Waals surface area contributed by atoms with E-state index in [1.807, 2.05) is 0 Å². The number of carbonyl (C=O) groups is 5. The number of nitrogens with zero attached hydrogens (tertiary/aromatic N) is 3. The molecule has 0 aromatic heterocycles. The van der Waals surface area contributed by atoms with Gasteiger partial charge in [-0.2, -0.15) is 0 Å². The van der Waals surface area contributed by atoms with Crippen molar-refractivity contribution in [2.75, 3.05) is 59.5 Å². The molecule has 0 saturated carbocycles. The van der Waals surface area contributed by atoms with Crippen LogP contribution in [-0.2, 0) is 38.2 Å². The second-order valence-electron chi connectivity index (χ2n) is 7.47. The summed E-state index contributed by atoms with van der Waals surface area (Å²) in [4.78, 5) is 59.5. The van der Waals surface area contributed by atoms with E-state index in [2.05, 4.69) is 9.47 Å². The number of ketones is 1. The fourth-order valence-corrected chi connectivity index (χ4v) is 2.23. The highest BCUT2D eigenvalue weighted by Gasteiger charge is 2.24. The number of carboxylic acids is 1. The van der Waals surface area contributed by atoms with Crippen LogP contribution in [0.15, 0.2) is 0 Å². The predicted octanol–water partition coefficient (Wildman–Crippen LogP) is -1.02. The molecule has 0 fully saturated rings. The van der Waals surface area contributed by atoms with Crippen molar-refractivity contribution in [2.24, 2.45) is 5.41 Å². The maximum absolute atomic E-state index is 12.3. The Kier molecular flexibility index (Phi) is 14.0. The van der Waals surface area contributed by atoms with Crippen LogP contribution in [0, 0.1) is 5.41 Å². The maximum atomic E-state index is 12.3. The van der Waals surface area contributed by atoms with Gasteiger partial charge in [-0.1, -0.05) is 20.8 Å². The van der Waals surface area contributed by atoms with E-state index in [9.17, 15) is 24.0 Å². The van der Waals surface area contributed by atoms with Crippen molar-refractivity contribution in [1.82, 2.24) is 14.7 Å². The molecule has 0 aliphatic heterocycles.